The summed E-state index contributed by atoms with van der Waals surface area (Å²) in [5.41, 5.74) is 4.68. The lowest BCUT2D eigenvalue weighted by molar-refractivity contribution is -0.137. The van der Waals surface area contributed by atoms with Gasteiger partial charge in [-0.05, 0) is 90.5 Å². The zero-order valence-corrected chi connectivity index (χ0v) is 24.3. The molecule has 0 N–H and O–H groups in total. The Morgan fingerprint density at radius 1 is 1.08 bits per heavy atom. The van der Waals surface area contributed by atoms with Crippen LogP contribution in [-0.4, -0.2) is 30.7 Å². The number of halogens is 3. The summed E-state index contributed by atoms with van der Waals surface area (Å²) < 4.78 is 52.0. The summed E-state index contributed by atoms with van der Waals surface area (Å²) in [5.74, 6) is 0.796. The van der Waals surface area contributed by atoms with Gasteiger partial charge in [0, 0.05) is 12.1 Å². The number of aryl methyl sites for hydroxylation is 1. The van der Waals surface area contributed by atoms with E-state index in [2.05, 4.69) is 46.8 Å². The van der Waals surface area contributed by atoms with Crippen molar-refractivity contribution in [3.63, 3.8) is 0 Å². The van der Waals surface area contributed by atoms with E-state index in [0.717, 1.165) is 48.3 Å². The van der Waals surface area contributed by atoms with E-state index in [9.17, 15) is 18.0 Å². The van der Waals surface area contributed by atoms with Crippen molar-refractivity contribution in [2.45, 2.75) is 91.5 Å². The number of rotatable bonds is 5. The van der Waals surface area contributed by atoms with Crippen molar-refractivity contribution in [2.75, 3.05) is 13.7 Å². The highest BCUT2D eigenvalue weighted by Crippen LogP contribution is 2.46. The molecular weight excluding hydrogens is 503 g/mol. The lowest BCUT2D eigenvalue weighted by Gasteiger charge is -2.36. The fourth-order valence-corrected chi connectivity index (χ4v) is 5.81. The van der Waals surface area contributed by atoms with Gasteiger partial charge in [-0.2, -0.15) is 13.2 Å². The summed E-state index contributed by atoms with van der Waals surface area (Å²) in [6, 6.07) is 9.76. The number of alkyl halides is 3. The van der Waals surface area contributed by atoms with Crippen LogP contribution in [0.3, 0.4) is 0 Å². The number of amides is 1. The van der Waals surface area contributed by atoms with Crippen LogP contribution in [0.15, 0.2) is 42.0 Å². The van der Waals surface area contributed by atoms with E-state index >= 15 is 0 Å². The first-order chi connectivity index (χ1) is 18.0. The fraction of sp³-hybridized carbons (Fsp3) is 0.531. The quantitative estimate of drug-likeness (QED) is 0.378. The molecule has 0 spiro atoms. The third-order valence-corrected chi connectivity index (χ3v) is 8.07. The lowest BCUT2D eigenvalue weighted by Crippen LogP contribution is -2.35. The average molecular weight is 544 g/mol. The molecule has 0 unspecified atom stereocenters. The van der Waals surface area contributed by atoms with Gasteiger partial charge in [-0.25, -0.2) is 4.79 Å². The van der Waals surface area contributed by atoms with Crippen LogP contribution < -0.4 is 4.74 Å². The zero-order chi connectivity index (χ0) is 28.9. The van der Waals surface area contributed by atoms with Crippen LogP contribution in [0.1, 0.15) is 94.7 Å². The molecule has 1 aliphatic carbocycles. The molecule has 2 aliphatic rings. The van der Waals surface area contributed by atoms with Crippen LogP contribution in [0, 0.1) is 12.3 Å². The second-order valence-electron chi connectivity index (χ2n) is 12.9. The fourth-order valence-electron chi connectivity index (χ4n) is 5.81. The van der Waals surface area contributed by atoms with Gasteiger partial charge in [0.1, 0.15) is 11.9 Å². The number of carbonyl (C=O) groups is 1. The van der Waals surface area contributed by atoms with Crippen molar-refractivity contribution in [3.05, 3.63) is 69.8 Å². The van der Waals surface area contributed by atoms with Gasteiger partial charge < -0.3 is 9.47 Å². The maximum absolute atomic E-state index is 13.5. The Hall–Kier alpha value is -2.96. The molecule has 2 atom stereocenters. The van der Waals surface area contributed by atoms with Gasteiger partial charge >= 0.3 is 12.3 Å². The first kappa shape index (κ1) is 29.0. The highest BCUT2D eigenvalue weighted by Gasteiger charge is 2.42. The van der Waals surface area contributed by atoms with Gasteiger partial charge in [0.15, 0.2) is 0 Å². The minimum atomic E-state index is -4.47. The van der Waals surface area contributed by atoms with E-state index in [0.29, 0.717) is 17.7 Å². The standard InChI is InChI=1S/C32H40F3NO3/c1-19-13-21(15-24(14-19)32(33,34)35)28-20(2)36(29(37)39-28)18-22-17-31(6,7)12-11-25(22)26-16-23(30(3,4)5)9-10-27(26)38-8/h9-10,13-16,20,28H,11-12,17-18H2,1-8H3/t20-,28-/m0/s1. The maximum atomic E-state index is 13.5. The molecule has 212 valence electrons. The number of allylic oxidation sites excluding steroid dienone is 1. The van der Waals surface area contributed by atoms with E-state index in [1.54, 1.807) is 25.0 Å². The van der Waals surface area contributed by atoms with Crippen LogP contribution >= 0.6 is 0 Å². The second kappa shape index (κ2) is 10.2. The molecule has 0 radical (unpaired) electrons. The van der Waals surface area contributed by atoms with Gasteiger partial charge in [-0.3, -0.25) is 4.90 Å². The SMILES string of the molecule is COc1ccc(C(C)(C)C)cc1C1=C(CN2C(=O)O[C@H](c3cc(C)cc(C(F)(F)F)c3)[C@@H]2C)CC(C)(C)CC1. The molecule has 39 heavy (non-hydrogen) atoms. The van der Waals surface area contributed by atoms with Crippen molar-refractivity contribution in [3.8, 4) is 5.75 Å². The molecule has 7 heteroatoms. The molecule has 1 fully saturated rings. The van der Waals surface area contributed by atoms with Gasteiger partial charge in [0.2, 0.25) is 0 Å². The summed E-state index contributed by atoms with van der Waals surface area (Å²) in [5, 5.41) is 0. The van der Waals surface area contributed by atoms with E-state index in [-0.39, 0.29) is 10.8 Å². The van der Waals surface area contributed by atoms with Crippen LogP contribution in [0.5, 0.6) is 5.75 Å². The number of hydrogen-bond acceptors (Lipinski definition) is 3. The van der Waals surface area contributed by atoms with Crippen molar-refractivity contribution in [1.29, 1.82) is 0 Å². The molecule has 1 amide bonds. The Kier molecular flexibility index (Phi) is 7.61. The smallest absolute Gasteiger partial charge is 0.416 e. The van der Waals surface area contributed by atoms with Crippen LogP contribution in [-0.2, 0) is 16.3 Å². The Bertz CT molecular complexity index is 1290. The molecule has 0 saturated carbocycles. The predicted molar refractivity (Wildman–Crippen MR) is 148 cm³/mol. The summed E-state index contributed by atoms with van der Waals surface area (Å²) in [7, 11) is 1.67. The van der Waals surface area contributed by atoms with Crippen LogP contribution in [0.25, 0.3) is 5.57 Å². The molecule has 1 heterocycles. The lowest BCUT2D eigenvalue weighted by atomic mass is 9.72. The Morgan fingerprint density at radius 2 is 1.77 bits per heavy atom. The predicted octanol–water partition coefficient (Wildman–Crippen LogP) is 8.87. The largest absolute Gasteiger partial charge is 0.496 e. The second-order valence-corrected chi connectivity index (χ2v) is 12.9. The van der Waals surface area contributed by atoms with Crippen LogP contribution in [0.4, 0.5) is 18.0 Å². The molecular formula is C32H40F3NO3. The molecule has 4 rings (SSSR count). The van der Waals surface area contributed by atoms with Gasteiger partial charge in [0.25, 0.3) is 0 Å². The third-order valence-electron chi connectivity index (χ3n) is 8.07. The molecule has 0 bridgehead atoms. The number of benzene rings is 2. The van der Waals surface area contributed by atoms with Gasteiger partial charge in [0.05, 0.1) is 18.7 Å². The molecule has 1 aliphatic heterocycles. The maximum Gasteiger partial charge on any atom is 0.416 e. The number of nitrogens with zero attached hydrogens (tertiary/aromatic N) is 1. The first-order valence-corrected chi connectivity index (χ1v) is 13.6. The van der Waals surface area contributed by atoms with E-state index in [1.807, 2.05) is 13.0 Å². The van der Waals surface area contributed by atoms with E-state index in [1.165, 1.54) is 11.1 Å². The topological polar surface area (TPSA) is 38.8 Å². The van der Waals surface area contributed by atoms with Crippen molar-refractivity contribution >= 4 is 11.7 Å². The Morgan fingerprint density at radius 3 is 2.38 bits per heavy atom. The Labute approximate surface area is 230 Å². The summed E-state index contributed by atoms with van der Waals surface area (Å²) >= 11 is 0. The Balaban J connectivity index is 1.73. The summed E-state index contributed by atoms with van der Waals surface area (Å²) in [6.45, 7) is 14.8. The van der Waals surface area contributed by atoms with E-state index < -0.39 is 30.0 Å². The number of carbonyl (C=O) groups excluding carboxylic acids is 1. The minimum absolute atomic E-state index is 0.0424. The van der Waals surface area contributed by atoms with Crippen molar-refractivity contribution < 1.29 is 27.4 Å². The van der Waals surface area contributed by atoms with Crippen molar-refractivity contribution in [1.82, 2.24) is 4.90 Å². The van der Waals surface area contributed by atoms with Gasteiger partial charge in [-0.1, -0.05) is 52.3 Å². The summed E-state index contributed by atoms with van der Waals surface area (Å²) in [4.78, 5) is 14.8. The zero-order valence-electron chi connectivity index (χ0n) is 24.3. The highest BCUT2D eigenvalue weighted by atomic mass is 19.4. The van der Waals surface area contributed by atoms with Crippen LogP contribution in [0.2, 0.25) is 0 Å². The highest BCUT2D eigenvalue weighted by molar-refractivity contribution is 5.77. The third kappa shape index (κ3) is 6.12. The molecule has 0 aromatic heterocycles. The normalized spacial score (nSPS) is 21.8. The van der Waals surface area contributed by atoms with E-state index in [4.69, 9.17) is 9.47 Å². The number of ether oxygens (including phenoxy) is 2. The molecule has 1 saturated heterocycles. The average Bonchev–Trinajstić information content (AvgIpc) is 3.10. The minimum Gasteiger partial charge on any atom is -0.496 e. The number of hydrogen-bond donors (Lipinski definition) is 0. The monoisotopic (exact) mass is 543 g/mol. The first-order valence-electron chi connectivity index (χ1n) is 13.6. The molecule has 2 aromatic rings. The van der Waals surface area contributed by atoms with Gasteiger partial charge in [-0.15, -0.1) is 0 Å². The summed E-state index contributed by atoms with van der Waals surface area (Å²) in [6.07, 6.45) is -3.11. The number of cyclic esters (lactones) is 1. The molecule has 4 nitrogen and oxygen atoms in total. The van der Waals surface area contributed by atoms with Crippen molar-refractivity contribution in [2.24, 2.45) is 5.41 Å². The molecule has 2 aromatic carbocycles. The number of methoxy groups -OCH3 is 1.